The third-order valence-electron chi connectivity index (χ3n) is 2.88. The second kappa shape index (κ2) is 10.6. The normalized spacial score (nSPS) is 19.1. The maximum atomic E-state index is 11.0. The second-order valence-corrected chi connectivity index (χ2v) is 5.67. The molecule has 3 amide bonds. The van der Waals surface area contributed by atoms with E-state index in [1.165, 1.54) is 23.7 Å². The van der Waals surface area contributed by atoms with Gasteiger partial charge in [-0.2, -0.15) is 11.8 Å². The Morgan fingerprint density at radius 3 is 2.43 bits per heavy atom. The Labute approximate surface area is 131 Å². The molecule has 0 spiro atoms. The molecule has 1 aliphatic rings. The van der Waals surface area contributed by atoms with Crippen LogP contribution >= 0.6 is 11.8 Å². The summed E-state index contributed by atoms with van der Waals surface area (Å²) in [5.74, 6) is -0.0599. The number of nitrogens with one attached hydrogen (secondary N) is 1. The van der Waals surface area contributed by atoms with Gasteiger partial charge in [-0.3, -0.25) is 19.3 Å². The van der Waals surface area contributed by atoms with Crippen LogP contribution in [0.4, 0.5) is 0 Å². The zero-order valence-electron chi connectivity index (χ0n) is 13.5. The van der Waals surface area contributed by atoms with Crippen LogP contribution in [0.15, 0.2) is 0 Å². The fourth-order valence-corrected chi connectivity index (χ4v) is 2.39. The highest BCUT2D eigenvalue weighted by Crippen LogP contribution is 2.21. The summed E-state index contributed by atoms with van der Waals surface area (Å²) >= 11 is 1.44. The van der Waals surface area contributed by atoms with Crippen molar-refractivity contribution >= 4 is 29.5 Å². The molecule has 2 atom stereocenters. The van der Waals surface area contributed by atoms with E-state index in [9.17, 15) is 14.4 Å². The Morgan fingerprint density at radius 1 is 1.48 bits per heavy atom. The van der Waals surface area contributed by atoms with Crippen molar-refractivity contribution < 1.29 is 19.1 Å². The molecule has 0 saturated carbocycles. The monoisotopic (exact) mass is 318 g/mol. The van der Waals surface area contributed by atoms with E-state index in [2.05, 4.69) is 5.32 Å². The summed E-state index contributed by atoms with van der Waals surface area (Å²) in [6, 6.07) is 0. The van der Waals surface area contributed by atoms with Gasteiger partial charge in [0.25, 0.3) is 0 Å². The van der Waals surface area contributed by atoms with Crippen molar-refractivity contribution in [3.05, 3.63) is 0 Å². The molecule has 21 heavy (non-hydrogen) atoms. The van der Waals surface area contributed by atoms with Crippen LogP contribution in [-0.4, -0.2) is 54.0 Å². The van der Waals surface area contributed by atoms with Gasteiger partial charge in [-0.05, 0) is 26.5 Å². The Morgan fingerprint density at radius 2 is 2.10 bits per heavy atom. The number of carbonyl (C=O) groups excluding carboxylic acids is 3. The van der Waals surface area contributed by atoms with Crippen molar-refractivity contribution in [1.82, 2.24) is 10.2 Å². The fourth-order valence-electron chi connectivity index (χ4n) is 1.72. The Balaban J connectivity index is 0.000000382. The minimum absolute atomic E-state index is 0.0579. The molecule has 122 valence electrons. The highest BCUT2D eigenvalue weighted by molar-refractivity contribution is 8.00. The third-order valence-corrected chi connectivity index (χ3v) is 3.82. The van der Waals surface area contributed by atoms with Gasteiger partial charge < -0.3 is 10.1 Å². The van der Waals surface area contributed by atoms with Gasteiger partial charge in [-0.1, -0.05) is 6.92 Å². The molecule has 1 rings (SSSR count). The molecule has 1 fully saturated rings. The van der Waals surface area contributed by atoms with Crippen molar-refractivity contribution in [3.63, 3.8) is 0 Å². The predicted molar refractivity (Wildman–Crippen MR) is 83.8 cm³/mol. The van der Waals surface area contributed by atoms with Crippen LogP contribution in [0.3, 0.4) is 0 Å². The number of carbonyl (C=O) groups is 3. The molecule has 1 saturated heterocycles. The number of ether oxygens (including phenoxy) is 1. The van der Waals surface area contributed by atoms with Crippen LogP contribution < -0.4 is 5.32 Å². The number of imide groups is 1. The Hall–Kier alpha value is -1.08. The molecular weight excluding hydrogens is 292 g/mol. The number of rotatable bonds is 6. The maximum Gasteiger partial charge on any atom is 0.242 e. The van der Waals surface area contributed by atoms with Gasteiger partial charge in [0.2, 0.25) is 17.7 Å². The zero-order valence-corrected chi connectivity index (χ0v) is 14.3. The average Bonchev–Trinajstić information content (AvgIpc) is 2.67. The minimum Gasteiger partial charge on any atom is -0.359 e. The van der Waals surface area contributed by atoms with E-state index < -0.39 is 0 Å². The number of nitrogens with zero attached hydrogens (tertiary/aromatic N) is 1. The third kappa shape index (κ3) is 7.47. The highest BCUT2D eigenvalue weighted by Gasteiger charge is 2.34. The second-order valence-electron chi connectivity index (χ2n) is 4.63. The topological polar surface area (TPSA) is 75.7 Å². The Kier molecular flexibility index (Phi) is 10.1. The molecule has 2 unspecified atom stereocenters. The van der Waals surface area contributed by atoms with E-state index in [1.54, 1.807) is 0 Å². The van der Waals surface area contributed by atoms with E-state index in [0.717, 1.165) is 6.42 Å². The van der Waals surface area contributed by atoms with Gasteiger partial charge in [0, 0.05) is 26.5 Å². The van der Waals surface area contributed by atoms with Gasteiger partial charge in [-0.25, -0.2) is 0 Å². The first-order valence-corrected chi connectivity index (χ1v) is 8.40. The summed E-state index contributed by atoms with van der Waals surface area (Å²) in [5.41, 5.74) is 0. The lowest BCUT2D eigenvalue weighted by atomic mass is 10.3. The van der Waals surface area contributed by atoms with Crippen molar-refractivity contribution in [2.75, 3.05) is 19.9 Å². The largest absolute Gasteiger partial charge is 0.359 e. The van der Waals surface area contributed by atoms with E-state index in [4.69, 9.17) is 4.74 Å². The lowest BCUT2D eigenvalue weighted by Crippen LogP contribution is -2.34. The molecule has 0 aromatic rings. The molecule has 1 N–H and O–H groups in total. The molecule has 6 nitrogen and oxygen atoms in total. The summed E-state index contributed by atoms with van der Waals surface area (Å²) in [7, 11) is 1.53. The molecule has 0 aromatic carbocycles. The molecule has 0 bridgehead atoms. The maximum absolute atomic E-state index is 11.0. The molecule has 0 aliphatic carbocycles. The molecule has 1 heterocycles. The molecule has 7 heteroatoms. The zero-order chi connectivity index (χ0) is 16.4. The summed E-state index contributed by atoms with van der Waals surface area (Å²) in [4.78, 5) is 34.0. The lowest BCUT2D eigenvalue weighted by molar-refractivity contribution is -0.136. The SMILES string of the molecule is CCCC(=O)NC(C)OCC.CSC1CC(=O)N(C)C1=O. The van der Waals surface area contributed by atoms with Gasteiger partial charge in [0.15, 0.2) is 0 Å². The smallest absolute Gasteiger partial charge is 0.242 e. The standard InChI is InChI=1S/C8H17NO2.C6H9NO2S/c1-4-6-8(10)9-7(3)11-5-2;1-7-5(8)3-4(10-2)6(7)9/h7H,4-6H2,1-3H3,(H,9,10);4H,3H2,1-2H3. The average molecular weight is 318 g/mol. The van der Waals surface area contributed by atoms with Crippen LogP contribution in [0.25, 0.3) is 0 Å². The van der Waals surface area contributed by atoms with E-state index >= 15 is 0 Å². The number of hydrogen-bond donors (Lipinski definition) is 1. The number of thioether (sulfide) groups is 1. The number of likely N-dealkylation sites (tertiary alicyclic amines) is 1. The van der Waals surface area contributed by atoms with E-state index in [0.29, 0.717) is 19.4 Å². The Bertz CT molecular complexity index is 363. The van der Waals surface area contributed by atoms with Gasteiger partial charge in [0.1, 0.15) is 6.23 Å². The molecule has 1 aliphatic heterocycles. The first-order chi connectivity index (χ1) is 9.87. The van der Waals surface area contributed by atoms with Crippen molar-refractivity contribution in [3.8, 4) is 0 Å². The quantitative estimate of drug-likeness (QED) is 0.592. The summed E-state index contributed by atoms with van der Waals surface area (Å²) in [6.45, 7) is 6.35. The van der Waals surface area contributed by atoms with Crippen LogP contribution in [0.2, 0.25) is 0 Å². The summed E-state index contributed by atoms with van der Waals surface area (Å²) in [5, 5.41) is 2.59. The van der Waals surface area contributed by atoms with Crippen molar-refractivity contribution in [2.24, 2.45) is 0 Å². The van der Waals surface area contributed by atoms with Crippen LogP contribution in [0, 0.1) is 0 Å². The minimum atomic E-state index is -0.154. The van der Waals surface area contributed by atoms with Gasteiger partial charge in [0.05, 0.1) is 5.25 Å². The first kappa shape index (κ1) is 19.9. The van der Waals surface area contributed by atoms with E-state index in [1.807, 2.05) is 27.0 Å². The predicted octanol–water partition coefficient (Wildman–Crippen LogP) is 1.39. The van der Waals surface area contributed by atoms with Crippen LogP contribution in [0.1, 0.15) is 40.0 Å². The summed E-state index contributed by atoms with van der Waals surface area (Å²) < 4.78 is 5.13. The van der Waals surface area contributed by atoms with E-state index in [-0.39, 0.29) is 29.2 Å². The summed E-state index contributed by atoms with van der Waals surface area (Å²) in [6.07, 6.45) is 3.52. The van der Waals surface area contributed by atoms with Gasteiger partial charge in [-0.15, -0.1) is 0 Å². The first-order valence-electron chi connectivity index (χ1n) is 7.11. The molecular formula is C14H26N2O4S. The van der Waals surface area contributed by atoms with Crippen molar-refractivity contribution in [1.29, 1.82) is 0 Å². The van der Waals surface area contributed by atoms with Crippen molar-refractivity contribution in [2.45, 2.75) is 51.5 Å². The lowest BCUT2D eigenvalue weighted by Gasteiger charge is -2.12. The van der Waals surface area contributed by atoms with Crippen LogP contribution in [0.5, 0.6) is 0 Å². The molecule has 0 radical (unpaired) electrons. The van der Waals surface area contributed by atoms with Crippen LogP contribution in [-0.2, 0) is 19.1 Å². The molecule has 0 aromatic heterocycles. The van der Waals surface area contributed by atoms with Gasteiger partial charge >= 0.3 is 0 Å². The number of amides is 3. The number of hydrogen-bond acceptors (Lipinski definition) is 5. The highest BCUT2D eigenvalue weighted by atomic mass is 32.2. The fraction of sp³-hybridized carbons (Fsp3) is 0.786.